The zero-order chi connectivity index (χ0) is 21.5. The summed E-state index contributed by atoms with van der Waals surface area (Å²) in [6.45, 7) is 2.75. The lowest BCUT2D eigenvalue weighted by Crippen LogP contribution is -2.41. The van der Waals surface area contributed by atoms with E-state index in [1.807, 2.05) is 37.1 Å². The van der Waals surface area contributed by atoms with Crippen molar-refractivity contribution in [2.75, 3.05) is 48.0 Å². The van der Waals surface area contributed by atoms with Crippen LogP contribution in [0.15, 0.2) is 29.5 Å². The van der Waals surface area contributed by atoms with Gasteiger partial charge in [-0.25, -0.2) is 0 Å². The number of aromatic nitrogens is 2. The molecular formula is C22H33N5O3. The van der Waals surface area contributed by atoms with Crippen molar-refractivity contribution in [3.63, 3.8) is 0 Å². The normalized spacial score (nSPS) is 16.6. The standard InChI is InChI=1S/C22H33N5O3/c1-23-22(27-9-7-16(15-27)10-17-13-25-26(2)14-17)24-8-6-19-20(29-4)11-18(28-3)12-21(19)30-5/h11-14,16H,6-10,15H2,1-5H3,(H,23,24). The van der Waals surface area contributed by atoms with E-state index in [4.69, 9.17) is 14.2 Å². The van der Waals surface area contributed by atoms with Gasteiger partial charge in [0.1, 0.15) is 17.2 Å². The molecule has 1 saturated heterocycles. The number of nitrogens with one attached hydrogen (secondary N) is 1. The maximum atomic E-state index is 5.55. The molecule has 2 heterocycles. The van der Waals surface area contributed by atoms with E-state index in [0.717, 1.165) is 61.9 Å². The fourth-order valence-corrected chi connectivity index (χ4v) is 4.06. The Balaban J connectivity index is 1.56. The Labute approximate surface area is 178 Å². The summed E-state index contributed by atoms with van der Waals surface area (Å²) in [7, 11) is 8.76. The Morgan fingerprint density at radius 1 is 1.20 bits per heavy atom. The molecule has 0 spiro atoms. The van der Waals surface area contributed by atoms with Crippen LogP contribution >= 0.6 is 0 Å². The molecule has 0 aliphatic carbocycles. The van der Waals surface area contributed by atoms with Gasteiger partial charge in [0.15, 0.2) is 5.96 Å². The highest BCUT2D eigenvalue weighted by atomic mass is 16.5. The van der Waals surface area contributed by atoms with E-state index in [2.05, 4.69) is 26.5 Å². The fourth-order valence-electron chi connectivity index (χ4n) is 4.06. The third-order valence-electron chi connectivity index (χ3n) is 5.56. The van der Waals surface area contributed by atoms with Crippen LogP contribution in [0.2, 0.25) is 0 Å². The molecule has 0 saturated carbocycles. The van der Waals surface area contributed by atoms with Crippen LogP contribution in [0.1, 0.15) is 17.5 Å². The third kappa shape index (κ3) is 5.17. The largest absolute Gasteiger partial charge is 0.496 e. The molecule has 0 bridgehead atoms. The number of benzene rings is 1. The number of guanidine groups is 1. The monoisotopic (exact) mass is 415 g/mol. The first-order chi connectivity index (χ1) is 14.6. The molecule has 0 radical (unpaired) electrons. The minimum atomic E-state index is 0.620. The van der Waals surface area contributed by atoms with E-state index in [9.17, 15) is 0 Å². The molecule has 1 aromatic heterocycles. The zero-order valence-corrected chi connectivity index (χ0v) is 18.6. The number of rotatable bonds is 8. The van der Waals surface area contributed by atoms with Gasteiger partial charge in [-0.05, 0) is 30.7 Å². The van der Waals surface area contributed by atoms with Crippen LogP contribution in [0.4, 0.5) is 0 Å². The van der Waals surface area contributed by atoms with Crippen LogP contribution in [-0.2, 0) is 19.9 Å². The minimum Gasteiger partial charge on any atom is -0.496 e. The SMILES string of the molecule is CN=C(NCCc1c(OC)cc(OC)cc1OC)N1CCC(Cc2cnn(C)c2)C1. The third-order valence-corrected chi connectivity index (χ3v) is 5.56. The Hall–Kier alpha value is -2.90. The second-order valence-corrected chi connectivity index (χ2v) is 7.56. The predicted molar refractivity (Wildman–Crippen MR) is 118 cm³/mol. The van der Waals surface area contributed by atoms with Crippen LogP contribution in [0, 0.1) is 5.92 Å². The quantitative estimate of drug-likeness (QED) is 0.526. The van der Waals surface area contributed by atoms with E-state index >= 15 is 0 Å². The number of nitrogens with zero attached hydrogens (tertiary/aromatic N) is 4. The van der Waals surface area contributed by atoms with Crippen molar-refractivity contribution in [2.24, 2.45) is 18.0 Å². The molecule has 1 aliphatic rings. The number of aliphatic imine (C=N–C) groups is 1. The highest BCUT2D eigenvalue weighted by molar-refractivity contribution is 5.80. The summed E-state index contributed by atoms with van der Waals surface area (Å²) in [5, 5.41) is 7.77. The van der Waals surface area contributed by atoms with E-state index < -0.39 is 0 Å². The average molecular weight is 416 g/mol. The van der Waals surface area contributed by atoms with Crippen LogP contribution < -0.4 is 19.5 Å². The van der Waals surface area contributed by atoms with Crippen molar-refractivity contribution < 1.29 is 14.2 Å². The molecule has 1 atom stereocenters. The number of likely N-dealkylation sites (tertiary alicyclic amines) is 1. The fraction of sp³-hybridized carbons (Fsp3) is 0.545. The first kappa shape index (κ1) is 21.8. The van der Waals surface area contributed by atoms with Crippen LogP contribution in [0.5, 0.6) is 17.2 Å². The van der Waals surface area contributed by atoms with Crippen molar-refractivity contribution in [3.8, 4) is 17.2 Å². The highest BCUT2D eigenvalue weighted by Crippen LogP contribution is 2.34. The molecule has 8 heteroatoms. The molecule has 8 nitrogen and oxygen atoms in total. The predicted octanol–water partition coefficient (Wildman–Crippen LogP) is 2.13. The molecule has 1 aliphatic heterocycles. The van der Waals surface area contributed by atoms with Crippen molar-refractivity contribution in [3.05, 3.63) is 35.7 Å². The van der Waals surface area contributed by atoms with Crippen LogP contribution in [0.25, 0.3) is 0 Å². The Bertz CT molecular complexity index is 839. The summed E-state index contributed by atoms with van der Waals surface area (Å²) in [6.07, 6.45) is 7.04. The van der Waals surface area contributed by atoms with Gasteiger partial charge in [-0.2, -0.15) is 5.10 Å². The first-order valence-electron chi connectivity index (χ1n) is 10.3. The van der Waals surface area contributed by atoms with Gasteiger partial charge in [-0.1, -0.05) is 0 Å². The summed E-state index contributed by atoms with van der Waals surface area (Å²) in [4.78, 5) is 6.83. The lowest BCUT2D eigenvalue weighted by molar-refractivity contribution is 0.368. The molecule has 3 rings (SSSR count). The maximum absolute atomic E-state index is 5.55. The second kappa shape index (κ2) is 10.2. The minimum absolute atomic E-state index is 0.620. The molecule has 164 valence electrons. The van der Waals surface area contributed by atoms with Crippen molar-refractivity contribution in [2.45, 2.75) is 19.3 Å². The summed E-state index contributed by atoms with van der Waals surface area (Å²) < 4.78 is 18.3. The molecule has 0 amide bonds. The Morgan fingerprint density at radius 3 is 2.50 bits per heavy atom. The van der Waals surface area contributed by atoms with Gasteiger partial charge in [0.2, 0.25) is 0 Å². The molecule has 1 aromatic carbocycles. The topological polar surface area (TPSA) is 73.1 Å². The number of methoxy groups -OCH3 is 3. The molecule has 2 aromatic rings. The van der Waals surface area contributed by atoms with Crippen molar-refractivity contribution in [1.82, 2.24) is 20.0 Å². The van der Waals surface area contributed by atoms with Gasteiger partial charge < -0.3 is 24.4 Å². The smallest absolute Gasteiger partial charge is 0.193 e. The number of hydrogen-bond donors (Lipinski definition) is 1. The van der Waals surface area contributed by atoms with Crippen molar-refractivity contribution in [1.29, 1.82) is 0 Å². The molecule has 1 fully saturated rings. The summed E-state index contributed by atoms with van der Waals surface area (Å²) in [5.41, 5.74) is 2.31. The second-order valence-electron chi connectivity index (χ2n) is 7.56. The van der Waals surface area contributed by atoms with Crippen LogP contribution in [-0.4, -0.2) is 68.7 Å². The van der Waals surface area contributed by atoms with E-state index in [0.29, 0.717) is 11.7 Å². The number of ether oxygens (including phenoxy) is 3. The van der Waals surface area contributed by atoms with Gasteiger partial charge in [-0.3, -0.25) is 9.67 Å². The van der Waals surface area contributed by atoms with Gasteiger partial charge in [0.25, 0.3) is 0 Å². The van der Waals surface area contributed by atoms with Gasteiger partial charge in [0.05, 0.1) is 27.5 Å². The van der Waals surface area contributed by atoms with Gasteiger partial charge in [0, 0.05) is 57.6 Å². The molecular weight excluding hydrogens is 382 g/mol. The Morgan fingerprint density at radius 2 is 1.93 bits per heavy atom. The first-order valence-corrected chi connectivity index (χ1v) is 10.3. The van der Waals surface area contributed by atoms with Gasteiger partial charge >= 0.3 is 0 Å². The highest BCUT2D eigenvalue weighted by Gasteiger charge is 2.25. The lowest BCUT2D eigenvalue weighted by Gasteiger charge is -2.22. The van der Waals surface area contributed by atoms with Gasteiger partial charge in [-0.15, -0.1) is 0 Å². The van der Waals surface area contributed by atoms with Crippen molar-refractivity contribution >= 4 is 5.96 Å². The van der Waals surface area contributed by atoms with E-state index in [1.54, 1.807) is 21.3 Å². The number of aryl methyl sites for hydroxylation is 1. The lowest BCUT2D eigenvalue weighted by atomic mass is 10.0. The average Bonchev–Trinajstić information content (AvgIpc) is 3.39. The summed E-state index contributed by atoms with van der Waals surface area (Å²) in [5.74, 6) is 3.80. The van der Waals surface area contributed by atoms with E-state index in [1.165, 1.54) is 5.56 Å². The maximum Gasteiger partial charge on any atom is 0.193 e. The number of hydrogen-bond acceptors (Lipinski definition) is 5. The Kier molecular flexibility index (Phi) is 7.43. The summed E-state index contributed by atoms with van der Waals surface area (Å²) in [6, 6.07) is 3.77. The zero-order valence-electron chi connectivity index (χ0n) is 18.6. The molecule has 30 heavy (non-hydrogen) atoms. The van der Waals surface area contributed by atoms with Crippen LogP contribution in [0.3, 0.4) is 0 Å². The summed E-state index contributed by atoms with van der Waals surface area (Å²) >= 11 is 0. The molecule has 1 unspecified atom stereocenters. The van der Waals surface area contributed by atoms with E-state index in [-0.39, 0.29) is 0 Å². The molecule has 1 N–H and O–H groups in total.